The topological polar surface area (TPSA) is 58.2 Å². The Morgan fingerprint density at radius 3 is 2.54 bits per heavy atom. The lowest BCUT2D eigenvalue weighted by Crippen LogP contribution is -2.42. The van der Waals surface area contributed by atoms with E-state index in [0.717, 1.165) is 43.0 Å². The Kier molecular flexibility index (Phi) is 4.62. The summed E-state index contributed by atoms with van der Waals surface area (Å²) in [6.45, 7) is 2.17. The first-order valence-electron chi connectivity index (χ1n) is 7.62. The van der Waals surface area contributed by atoms with Crippen molar-refractivity contribution in [2.75, 3.05) is 0 Å². The molecule has 0 aliphatic heterocycles. The second-order valence-corrected chi connectivity index (χ2v) is 7.05. The van der Waals surface area contributed by atoms with Crippen molar-refractivity contribution in [2.45, 2.75) is 26.2 Å². The summed E-state index contributed by atoms with van der Waals surface area (Å²) in [5.74, 6) is -2.91. The van der Waals surface area contributed by atoms with Crippen molar-refractivity contribution in [2.24, 2.45) is 5.92 Å². The molecule has 2 aromatic rings. The van der Waals surface area contributed by atoms with Crippen LogP contribution in [0.2, 0.25) is 0 Å². The van der Waals surface area contributed by atoms with Crippen LogP contribution >= 0.6 is 11.3 Å². The normalized spacial score (nSPS) is 16.4. The maximum absolute atomic E-state index is 13.5. The predicted octanol–water partition coefficient (Wildman–Crippen LogP) is 3.23. The van der Waals surface area contributed by atoms with Crippen molar-refractivity contribution < 1.29 is 18.4 Å². The van der Waals surface area contributed by atoms with Gasteiger partial charge in [0.1, 0.15) is 17.2 Å². The van der Waals surface area contributed by atoms with Crippen LogP contribution < -0.4 is 10.9 Å². The molecular weight excluding hydrogens is 334 g/mol. The molecule has 1 aromatic heterocycles. The lowest BCUT2D eigenvalue weighted by Gasteiger charge is -2.16. The highest BCUT2D eigenvalue weighted by atomic mass is 32.1. The van der Waals surface area contributed by atoms with E-state index in [9.17, 15) is 18.4 Å². The van der Waals surface area contributed by atoms with Crippen molar-refractivity contribution in [1.29, 1.82) is 0 Å². The van der Waals surface area contributed by atoms with Gasteiger partial charge in [-0.15, -0.1) is 11.3 Å². The van der Waals surface area contributed by atoms with E-state index >= 15 is 0 Å². The van der Waals surface area contributed by atoms with E-state index in [4.69, 9.17) is 0 Å². The molecule has 1 heterocycles. The summed E-state index contributed by atoms with van der Waals surface area (Å²) in [5.41, 5.74) is 4.70. The number of hydrogen-bond donors (Lipinski definition) is 2. The van der Waals surface area contributed by atoms with E-state index < -0.39 is 29.0 Å². The molecule has 1 unspecified atom stereocenters. The fraction of sp³-hybridized carbons (Fsp3) is 0.294. The number of hydrogen-bond acceptors (Lipinski definition) is 3. The number of rotatable bonds is 2. The van der Waals surface area contributed by atoms with Crippen LogP contribution in [0.3, 0.4) is 0 Å². The SMILES string of the molecule is CC1CCc2sc(C(=O)NNC(=O)c3c(F)cccc3F)cc2C1. The van der Waals surface area contributed by atoms with Gasteiger partial charge in [0.15, 0.2) is 0 Å². The van der Waals surface area contributed by atoms with Gasteiger partial charge >= 0.3 is 0 Å². The zero-order valence-electron chi connectivity index (χ0n) is 13.0. The highest BCUT2D eigenvalue weighted by molar-refractivity contribution is 7.14. The molecule has 1 aliphatic rings. The number of nitrogens with one attached hydrogen (secondary N) is 2. The van der Waals surface area contributed by atoms with Gasteiger partial charge in [-0.05, 0) is 48.9 Å². The van der Waals surface area contributed by atoms with E-state index in [1.165, 1.54) is 16.2 Å². The zero-order valence-corrected chi connectivity index (χ0v) is 13.8. The number of halogens is 2. The summed E-state index contributed by atoms with van der Waals surface area (Å²) < 4.78 is 27.1. The van der Waals surface area contributed by atoms with E-state index in [2.05, 4.69) is 17.8 Å². The van der Waals surface area contributed by atoms with Crippen molar-refractivity contribution in [3.8, 4) is 0 Å². The number of amides is 2. The summed E-state index contributed by atoms with van der Waals surface area (Å²) in [4.78, 5) is 25.7. The highest BCUT2D eigenvalue weighted by Gasteiger charge is 2.22. The van der Waals surface area contributed by atoms with Crippen LogP contribution in [0.25, 0.3) is 0 Å². The minimum absolute atomic E-state index is 0.475. The van der Waals surface area contributed by atoms with Gasteiger partial charge in [0.2, 0.25) is 0 Å². The molecule has 1 aromatic carbocycles. The molecule has 0 fully saturated rings. The number of carbonyl (C=O) groups is 2. The van der Waals surface area contributed by atoms with E-state index in [1.54, 1.807) is 0 Å². The van der Waals surface area contributed by atoms with E-state index in [0.29, 0.717) is 10.8 Å². The first kappa shape index (κ1) is 16.6. The molecule has 0 spiro atoms. The molecule has 0 bridgehead atoms. The Labute approximate surface area is 141 Å². The second kappa shape index (κ2) is 6.68. The molecule has 0 saturated heterocycles. The Balaban J connectivity index is 1.67. The Bertz CT molecular complexity index is 784. The number of carbonyl (C=O) groups excluding carboxylic acids is 2. The summed E-state index contributed by atoms with van der Waals surface area (Å²) in [6, 6.07) is 4.95. The Morgan fingerprint density at radius 1 is 1.17 bits per heavy atom. The third kappa shape index (κ3) is 3.31. The van der Waals surface area contributed by atoms with Crippen LogP contribution in [0, 0.1) is 17.6 Å². The van der Waals surface area contributed by atoms with Gasteiger partial charge in [-0.2, -0.15) is 0 Å². The van der Waals surface area contributed by atoms with Gasteiger partial charge in [0.05, 0.1) is 4.88 Å². The molecule has 1 atom stereocenters. The largest absolute Gasteiger partial charge is 0.279 e. The van der Waals surface area contributed by atoms with Crippen molar-refractivity contribution in [3.63, 3.8) is 0 Å². The van der Waals surface area contributed by atoms with Crippen LogP contribution in [0.5, 0.6) is 0 Å². The summed E-state index contributed by atoms with van der Waals surface area (Å²) >= 11 is 1.39. The number of benzene rings is 1. The third-order valence-corrected chi connectivity index (χ3v) is 5.27. The van der Waals surface area contributed by atoms with Gasteiger partial charge in [-0.3, -0.25) is 20.4 Å². The molecule has 2 N–H and O–H groups in total. The molecule has 0 saturated carbocycles. The number of hydrazine groups is 1. The van der Waals surface area contributed by atoms with Gasteiger partial charge < -0.3 is 0 Å². The number of fused-ring (bicyclic) bond motifs is 1. The zero-order chi connectivity index (χ0) is 17.3. The highest BCUT2D eigenvalue weighted by Crippen LogP contribution is 2.32. The van der Waals surface area contributed by atoms with Crippen LogP contribution in [0.4, 0.5) is 8.78 Å². The summed E-state index contributed by atoms with van der Waals surface area (Å²) in [5, 5.41) is 0. The average Bonchev–Trinajstić information content (AvgIpc) is 2.95. The first-order valence-corrected chi connectivity index (χ1v) is 8.43. The van der Waals surface area contributed by atoms with Gasteiger partial charge in [-0.25, -0.2) is 8.78 Å². The van der Waals surface area contributed by atoms with Gasteiger partial charge in [0, 0.05) is 4.88 Å². The van der Waals surface area contributed by atoms with Crippen LogP contribution in [-0.4, -0.2) is 11.8 Å². The third-order valence-electron chi connectivity index (χ3n) is 4.03. The standard InChI is InChI=1S/C17H16F2N2O2S/c1-9-5-6-13-10(7-9)8-14(24-13)16(22)20-21-17(23)15-11(18)3-2-4-12(15)19/h2-4,8-9H,5-7H2,1H3,(H,20,22)(H,21,23). The lowest BCUT2D eigenvalue weighted by atomic mass is 9.90. The fourth-order valence-electron chi connectivity index (χ4n) is 2.77. The van der Waals surface area contributed by atoms with Crippen molar-refractivity contribution in [1.82, 2.24) is 10.9 Å². The van der Waals surface area contributed by atoms with Crippen LogP contribution in [-0.2, 0) is 12.8 Å². The molecule has 4 nitrogen and oxygen atoms in total. The maximum atomic E-state index is 13.5. The maximum Gasteiger partial charge on any atom is 0.279 e. The fourth-order valence-corrected chi connectivity index (χ4v) is 3.87. The number of aryl methyl sites for hydroxylation is 1. The second-order valence-electron chi connectivity index (χ2n) is 5.91. The first-order chi connectivity index (χ1) is 11.5. The minimum atomic E-state index is -1.03. The Morgan fingerprint density at radius 2 is 1.83 bits per heavy atom. The molecule has 0 radical (unpaired) electrons. The van der Waals surface area contributed by atoms with E-state index in [1.807, 2.05) is 6.07 Å². The predicted molar refractivity (Wildman–Crippen MR) is 86.8 cm³/mol. The summed E-state index contributed by atoms with van der Waals surface area (Å²) in [6.07, 6.45) is 2.98. The Hall–Kier alpha value is -2.28. The molecule has 1 aliphatic carbocycles. The molecule has 7 heteroatoms. The quantitative estimate of drug-likeness (QED) is 0.817. The molecular formula is C17H16F2N2O2S. The van der Waals surface area contributed by atoms with E-state index in [-0.39, 0.29) is 0 Å². The van der Waals surface area contributed by atoms with Gasteiger partial charge in [-0.1, -0.05) is 13.0 Å². The lowest BCUT2D eigenvalue weighted by molar-refractivity contribution is 0.0843. The number of thiophene rings is 1. The monoisotopic (exact) mass is 350 g/mol. The molecule has 126 valence electrons. The van der Waals surface area contributed by atoms with Crippen molar-refractivity contribution in [3.05, 3.63) is 56.8 Å². The minimum Gasteiger partial charge on any atom is -0.267 e. The molecule has 2 amide bonds. The summed E-state index contributed by atoms with van der Waals surface area (Å²) in [7, 11) is 0. The van der Waals surface area contributed by atoms with Crippen LogP contribution in [0.1, 0.15) is 43.8 Å². The van der Waals surface area contributed by atoms with Crippen LogP contribution in [0.15, 0.2) is 24.3 Å². The molecule has 24 heavy (non-hydrogen) atoms. The smallest absolute Gasteiger partial charge is 0.267 e. The molecule has 3 rings (SSSR count). The average molecular weight is 350 g/mol. The van der Waals surface area contributed by atoms with Crippen molar-refractivity contribution >= 4 is 23.2 Å². The van der Waals surface area contributed by atoms with Gasteiger partial charge in [0.25, 0.3) is 11.8 Å².